The first-order chi connectivity index (χ1) is 5.29. The third kappa shape index (κ3) is 0.792. The third-order valence-electron chi connectivity index (χ3n) is 1.91. The lowest BCUT2D eigenvalue weighted by atomic mass is 10.1. The van der Waals surface area contributed by atoms with E-state index in [0.29, 0.717) is 0 Å². The molecule has 2 nitrogen and oxygen atoms in total. The van der Waals surface area contributed by atoms with E-state index in [2.05, 4.69) is 4.98 Å². The summed E-state index contributed by atoms with van der Waals surface area (Å²) in [6.45, 7) is 1.98. The number of rotatable bonds is 0. The first-order valence-electron chi connectivity index (χ1n) is 3.54. The fourth-order valence-corrected chi connectivity index (χ4v) is 1.35. The number of H-pyrrole nitrogens is 1. The second kappa shape index (κ2) is 2.02. The van der Waals surface area contributed by atoms with E-state index in [1.54, 1.807) is 6.20 Å². The Morgan fingerprint density at radius 3 is 2.91 bits per heavy atom. The molecule has 0 aliphatic carbocycles. The fourth-order valence-electron chi connectivity index (χ4n) is 1.35. The SMILES string of the molecule is Cc1cccc2c[nH]c(O)c12. The molecule has 1 aromatic heterocycles. The third-order valence-corrected chi connectivity index (χ3v) is 1.91. The van der Waals surface area contributed by atoms with Crippen LogP contribution < -0.4 is 0 Å². The topological polar surface area (TPSA) is 36.0 Å². The van der Waals surface area contributed by atoms with Crippen LogP contribution in [-0.2, 0) is 0 Å². The molecule has 2 aromatic rings. The van der Waals surface area contributed by atoms with Crippen molar-refractivity contribution in [1.29, 1.82) is 0 Å². The minimum Gasteiger partial charge on any atom is -0.494 e. The second-order valence-corrected chi connectivity index (χ2v) is 2.68. The van der Waals surface area contributed by atoms with Crippen LogP contribution in [0.4, 0.5) is 0 Å². The van der Waals surface area contributed by atoms with E-state index in [9.17, 15) is 5.11 Å². The summed E-state index contributed by atoms with van der Waals surface area (Å²) in [5, 5.41) is 11.3. The predicted octanol–water partition coefficient (Wildman–Crippen LogP) is 2.18. The van der Waals surface area contributed by atoms with Crippen LogP contribution in [0, 0.1) is 6.92 Å². The van der Waals surface area contributed by atoms with Crippen LogP contribution >= 0.6 is 0 Å². The summed E-state index contributed by atoms with van der Waals surface area (Å²) in [7, 11) is 0. The number of hydrogen-bond acceptors (Lipinski definition) is 1. The van der Waals surface area contributed by atoms with Gasteiger partial charge in [-0.15, -0.1) is 0 Å². The number of hydrogen-bond donors (Lipinski definition) is 2. The molecule has 1 aromatic carbocycles. The largest absolute Gasteiger partial charge is 0.494 e. The average Bonchev–Trinajstić information content (AvgIpc) is 2.34. The van der Waals surface area contributed by atoms with E-state index in [0.717, 1.165) is 16.3 Å². The van der Waals surface area contributed by atoms with Gasteiger partial charge >= 0.3 is 0 Å². The number of nitrogens with one attached hydrogen (secondary N) is 1. The van der Waals surface area contributed by atoms with E-state index < -0.39 is 0 Å². The van der Waals surface area contributed by atoms with Crippen molar-refractivity contribution in [1.82, 2.24) is 4.98 Å². The Labute approximate surface area is 64.5 Å². The molecule has 2 heteroatoms. The van der Waals surface area contributed by atoms with E-state index in [1.165, 1.54) is 0 Å². The molecule has 2 rings (SSSR count). The predicted molar refractivity (Wildman–Crippen MR) is 44.7 cm³/mol. The summed E-state index contributed by atoms with van der Waals surface area (Å²) in [6.07, 6.45) is 1.80. The zero-order valence-corrected chi connectivity index (χ0v) is 6.26. The Hall–Kier alpha value is -1.44. The van der Waals surface area contributed by atoms with Crippen LogP contribution in [-0.4, -0.2) is 10.1 Å². The molecule has 0 aliphatic heterocycles. The molecule has 0 atom stereocenters. The van der Waals surface area contributed by atoms with Crippen LogP contribution in [0.25, 0.3) is 10.8 Å². The van der Waals surface area contributed by atoms with Gasteiger partial charge in [-0.3, -0.25) is 0 Å². The number of fused-ring (bicyclic) bond motifs is 1. The Balaban J connectivity index is 2.96. The molecular formula is C9H9NO. The number of aromatic amines is 1. The van der Waals surface area contributed by atoms with Gasteiger partial charge in [0.15, 0.2) is 5.88 Å². The standard InChI is InChI=1S/C9H9NO/c1-6-3-2-4-7-5-10-9(11)8(6)7/h2-5,10-11H,1H3. The minimum absolute atomic E-state index is 0.262. The molecule has 2 N–H and O–H groups in total. The Morgan fingerprint density at radius 2 is 2.18 bits per heavy atom. The van der Waals surface area contributed by atoms with Gasteiger partial charge in [0.25, 0.3) is 0 Å². The molecule has 0 fully saturated rings. The Kier molecular flexibility index (Phi) is 1.15. The van der Waals surface area contributed by atoms with Crippen molar-refractivity contribution in [2.75, 3.05) is 0 Å². The van der Waals surface area contributed by atoms with Crippen LogP contribution in [0.3, 0.4) is 0 Å². The number of benzene rings is 1. The van der Waals surface area contributed by atoms with Gasteiger partial charge in [0, 0.05) is 17.0 Å². The summed E-state index contributed by atoms with van der Waals surface area (Å²) in [4.78, 5) is 2.77. The highest BCUT2D eigenvalue weighted by Gasteiger charge is 2.02. The van der Waals surface area contributed by atoms with Crippen molar-refractivity contribution in [3.8, 4) is 5.88 Å². The number of aromatic nitrogens is 1. The lowest BCUT2D eigenvalue weighted by Gasteiger charge is -1.94. The van der Waals surface area contributed by atoms with Gasteiger partial charge in [-0.1, -0.05) is 18.2 Å². The van der Waals surface area contributed by atoms with Gasteiger partial charge in [0.1, 0.15) is 0 Å². The highest BCUT2D eigenvalue weighted by atomic mass is 16.3. The lowest BCUT2D eigenvalue weighted by molar-refractivity contribution is 0.462. The summed E-state index contributed by atoms with van der Waals surface area (Å²) in [6, 6.07) is 5.93. The fraction of sp³-hybridized carbons (Fsp3) is 0.111. The van der Waals surface area contributed by atoms with Crippen LogP contribution in [0.2, 0.25) is 0 Å². The number of aromatic hydroxyl groups is 1. The first-order valence-corrected chi connectivity index (χ1v) is 3.54. The van der Waals surface area contributed by atoms with Crippen molar-refractivity contribution < 1.29 is 5.11 Å². The van der Waals surface area contributed by atoms with Gasteiger partial charge in [-0.25, -0.2) is 0 Å². The Bertz CT molecular complexity index is 389. The van der Waals surface area contributed by atoms with Crippen LogP contribution in [0.5, 0.6) is 5.88 Å². The van der Waals surface area contributed by atoms with E-state index in [1.807, 2.05) is 25.1 Å². The van der Waals surface area contributed by atoms with Crippen LogP contribution in [0.15, 0.2) is 24.4 Å². The molecule has 0 saturated heterocycles. The molecule has 0 bridgehead atoms. The lowest BCUT2D eigenvalue weighted by Crippen LogP contribution is -1.71. The summed E-state index contributed by atoms with van der Waals surface area (Å²) < 4.78 is 0. The summed E-state index contributed by atoms with van der Waals surface area (Å²) in [5.41, 5.74) is 1.10. The molecule has 0 amide bonds. The van der Waals surface area contributed by atoms with Crippen molar-refractivity contribution >= 4 is 10.8 Å². The van der Waals surface area contributed by atoms with Crippen LogP contribution in [0.1, 0.15) is 5.56 Å². The summed E-state index contributed by atoms with van der Waals surface area (Å²) >= 11 is 0. The normalized spacial score (nSPS) is 10.6. The first kappa shape index (κ1) is 6.28. The quantitative estimate of drug-likeness (QED) is 0.588. The van der Waals surface area contributed by atoms with Crippen molar-refractivity contribution in [2.24, 2.45) is 0 Å². The zero-order chi connectivity index (χ0) is 7.84. The molecular weight excluding hydrogens is 138 g/mol. The van der Waals surface area contributed by atoms with Gasteiger partial charge in [-0.2, -0.15) is 0 Å². The highest BCUT2D eigenvalue weighted by Crippen LogP contribution is 2.26. The molecule has 0 saturated carbocycles. The zero-order valence-electron chi connectivity index (χ0n) is 6.26. The van der Waals surface area contributed by atoms with Gasteiger partial charge in [0.05, 0.1) is 0 Å². The van der Waals surface area contributed by atoms with Gasteiger partial charge < -0.3 is 10.1 Å². The average molecular weight is 147 g/mol. The Morgan fingerprint density at radius 1 is 1.36 bits per heavy atom. The van der Waals surface area contributed by atoms with E-state index >= 15 is 0 Å². The maximum atomic E-state index is 9.34. The van der Waals surface area contributed by atoms with Gasteiger partial charge in [0.2, 0.25) is 0 Å². The minimum atomic E-state index is 0.262. The smallest absolute Gasteiger partial charge is 0.196 e. The molecule has 56 valence electrons. The highest BCUT2D eigenvalue weighted by molar-refractivity contribution is 5.90. The molecule has 0 aliphatic rings. The van der Waals surface area contributed by atoms with Crippen molar-refractivity contribution in [3.63, 3.8) is 0 Å². The second-order valence-electron chi connectivity index (χ2n) is 2.68. The van der Waals surface area contributed by atoms with Crippen molar-refractivity contribution in [2.45, 2.75) is 6.92 Å². The molecule has 0 spiro atoms. The van der Waals surface area contributed by atoms with Crippen molar-refractivity contribution in [3.05, 3.63) is 30.0 Å². The van der Waals surface area contributed by atoms with E-state index in [4.69, 9.17) is 0 Å². The summed E-state index contributed by atoms with van der Waals surface area (Å²) in [5.74, 6) is 0.262. The molecule has 0 radical (unpaired) electrons. The van der Waals surface area contributed by atoms with E-state index in [-0.39, 0.29) is 5.88 Å². The maximum absolute atomic E-state index is 9.34. The molecule has 1 heterocycles. The van der Waals surface area contributed by atoms with Gasteiger partial charge in [-0.05, 0) is 12.5 Å². The number of aryl methyl sites for hydroxylation is 1. The monoisotopic (exact) mass is 147 g/mol. The molecule has 0 unspecified atom stereocenters. The maximum Gasteiger partial charge on any atom is 0.196 e. The molecule has 11 heavy (non-hydrogen) atoms.